The van der Waals surface area contributed by atoms with Gasteiger partial charge in [-0.2, -0.15) is 0 Å². The Balaban J connectivity index is 2.36. The first-order chi connectivity index (χ1) is 7.27. The summed E-state index contributed by atoms with van der Waals surface area (Å²) in [5, 5.41) is 0. The number of carbonyl (C=O) groups is 1. The van der Waals surface area contributed by atoms with Crippen LogP contribution in [-0.4, -0.2) is 15.8 Å². The zero-order valence-corrected chi connectivity index (χ0v) is 8.27. The number of benzene rings is 1. The number of hydrogen-bond acceptors (Lipinski definition) is 3. The van der Waals surface area contributed by atoms with Crippen LogP contribution in [-0.2, 0) is 0 Å². The highest BCUT2D eigenvalue weighted by Gasteiger charge is 2.01. The minimum Gasteiger partial charge on any atom is -0.295 e. The minimum atomic E-state index is 0.0575. The molecule has 0 fully saturated rings. The lowest BCUT2D eigenvalue weighted by molar-refractivity contribution is 0.101. The van der Waals surface area contributed by atoms with Crippen LogP contribution in [0.5, 0.6) is 0 Å². The average Bonchev–Trinajstić information content (AvgIpc) is 2.30. The van der Waals surface area contributed by atoms with E-state index in [9.17, 15) is 4.79 Å². The molecule has 73 valence electrons. The van der Waals surface area contributed by atoms with E-state index in [2.05, 4.69) is 16.2 Å². The Labute approximate surface area is 87.8 Å². The molecule has 0 saturated heterocycles. The second kappa shape index (κ2) is 4.00. The van der Waals surface area contributed by atoms with E-state index in [4.69, 9.17) is 0 Å². The highest BCUT2D eigenvalue weighted by atomic mass is 16.1. The van der Waals surface area contributed by atoms with Gasteiger partial charge in [0, 0.05) is 17.3 Å². The summed E-state index contributed by atoms with van der Waals surface area (Å²) in [4.78, 5) is 19.2. The van der Waals surface area contributed by atoms with Crippen molar-refractivity contribution in [2.45, 2.75) is 6.92 Å². The Morgan fingerprint density at radius 1 is 1.27 bits per heavy atom. The molecule has 0 saturated carbocycles. The van der Waals surface area contributed by atoms with Crippen molar-refractivity contribution in [3.63, 3.8) is 0 Å². The van der Waals surface area contributed by atoms with Crippen molar-refractivity contribution in [3.05, 3.63) is 48.3 Å². The van der Waals surface area contributed by atoms with Gasteiger partial charge in [0.05, 0.1) is 6.20 Å². The van der Waals surface area contributed by atoms with Gasteiger partial charge in [-0.3, -0.25) is 4.79 Å². The lowest BCUT2D eigenvalue weighted by atomic mass is 10.1. The summed E-state index contributed by atoms with van der Waals surface area (Å²) in [5.41, 5.74) is 1.58. The zero-order chi connectivity index (χ0) is 10.7. The fraction of sp³-hybridized carbons (Fsp3) is 0.0833. The van der Waals surface area contributed by atoms with E-state index >= 15 is 0 Å². The number of hydrogen-bond donors (Lipinski definition) is 0. The molecule has 1 aromatic carbocycles. The zero-order valence-electron chi connectivity index (χ0n) is 8.27. The first-order valence-corrected chi connectivity index (χ1v) is 4.58. The molecule has 1 heterocycles. The summed E-state index contributed by atoms with van der Waals surface area (Å²) in [6, 6.07) is 8.86. The van der Waals surface area contributed by atoms with E-state index < -0.39 is 0 Å². The summed E-state index contributed by atoms with van der Waals surface area (Å²) in [6.07, 6.45) is 4.36. The molecule has 1 radical (unpaired) electrons. The molecule has 0 atom stereocenters. The van der Waals surface area contributed by atoms with Gasteiger partial charge in [-0.25, -0.2) is 9.97 Å². The van der Waals surface area contributed by atoms with Crippen LogP contribution in [0.4, 0.5) is 0 Å². The van der Waals surface area contributed by atoms with E-state index in [0.29, 0.717) is 11.4 Å². The van der Waals surface area contributed by atoms with E-state index in [1.165, 1.54) is 0 Å². The van der Waals surface area contributed by atoms with Crippen LogP contribution >= 0.6 is 0 Å². The summed E-state index contributed by atoms with van der Waals surface area (Å²) in [7, 11) is 0. The number of aromatic nitrogens is 2. The molecule has 1 aromatic heterocycles. The molecule has 0 spiro atoms. The predicted octanol–water partition coefficient (Wildman–Crippen LogP) is 2.15. The van der Waals surface area contributed by atoms with E-state index in [-0.39, 0.29) is 5.78 Å². The Hall–Kier alpha value is -2.03. The van der Waals surface area contributed by atoms with Crippen molar-refractivity contribution >= 4 is 5.78 Å². The molecule has 0 N–H and O–H groups in total. The molecule has 3 nitrogen and oxygen atoms in total. The maximum Gasteiger partial charge on any atom is 0.159 e. The third-order valence-corrected chi connectivity index (χ3v) is 2.07. The third-order valence-electron chi connectivity index (χ3n) is 2.07. The summed E-state index contributed by atoms with van der Waals surface area (Å²) in [5.74, 6) is 0.676. The predicted molar refractivity (Wildman–Crippen MR) is 56.3 cm³/mol. The van der Waals surface area contributed by atoms with E-state index in [0.717, 1.165) is 5.56 Å². The minimum absolute atomic E-state index is 0.0575. The quantitative estimate of drug-likeness (QED) is 0.693. The highest BCUT2D eigenvalue weighted by molar-refractivity contribution is 5.94. The van der Waals surface area contributed by atoms with Crippen molar-refractivity contribution in [1.29, 1.82) is 0 Å². The summed E-state index contributed by atoms with van der Waals surface area (Å²) < 4.78 is 0. The molecule has 0 aliphatic rings. The first-order valence-electron chi connectivity index (χ1n) is 4.58. The molecule has 0 unspecified atom stereocenters. The molecule has 0 aliphatic carbocycles. The standard InChI is InChI=1S/C12H9N2O/c1-9(15)10-3-5-11(6-4-10)12-13-7-2-8-14-12/h2-7H,1H3. The Bertz CT molecular complexity index is 463. The van der Waals surface area contributed by atoms with Gasteiger partial charge in [0.15, 0.2) is 11.6 Å². The molecular weight excluding hydrogens is 188 g/mol. The molecule has 0 amide bonds. The van der Waals surface area contributed by atoms with Crippen LogP contribution in [0, 0.1) is 6.20 Å². The van der Waals surface area contributed by atoms with Crippen LogP contribution in [0.15, 0.2) is 36.5 Å². The molecule has 15 heavy (non-hydrogen) atoms. The number of rotatable bonds is 2. The van der Waals surface area contributed by atoms with Gasteiger partial charge in [0.25, 0.3) is 0 Å². The van der Waals surface area contributed by atoms with Crippen molar-refractivity contribution in [3.8, 4) is 11.4 Å². The van der Waals surface area contributed by atoms with Crippen LogP contribution in [0.3, 0.4) is 0 Å². The van der Waals surface area contributed by atoms with Crippen LogP contribution in [0.2, 0.25) is 0 Å². The van der Waals surface area contributed by atoms with Crippen LogP contribution in [0.1, 0.15) is 17.3 Å². The molecule has 3 heteroatoms. The van der Waals surface area contributed by atoms with Crippen LogP contribution < -0.4 is 0 Å². The molecule has 2 aromatic rings. The first kappa shape index (κ1) is 9.52. The summed E-state index contributed by atoms with van der Waals surface area (Å²) >= 11 is 0. The molecule has 0 bridgehead atoms. The number of carbonyl (C=O) groups excluding carboxylic acids is 1. The Morgan fingerprint density at radius 2 is 2.00 bits per heavy atom. The van der Waals surface area contributed by atoms with Crippen LogP contribution in [0.25, 0.3) is 11.4 Å². The number of ketones is 1. The number of Topliss-reactive ketones (excluding diaryl/α,β-unsaturated/α-hetero) is 1. The van der Waals surface area contributed by atoms with Crippen molar-refractivity contribution in [2.24, 2.45) is 0 Å². The van der Waals surface area contributed by atoms with Gasteiger partial charge < -0.3 is 0 Å². The van der Waals surface area contributed by atoms with Gasteiger partial charge in [-0.05, 0) is 13.0 Å². The fourth-order valence-electron chi connectivity index (χ4n) is 1.26. The van der Waals surface area contributed by atoms with Gasteiger partial charge in [-0.15, -0.1) is 0 Å². The van der Waals surface area contributed by atoms with Gasteiger partial charge in [-0.1, -0.05) is 24.3 Å². The second-order valence-corrected chi connectivity index (χ2v) is 3.14. The second-order valence-electron chi connectivity index (χ2n) is 3.14. The topological polar surface area (TPSA) is 42.9 Å². The average molecular weight is 197 g/mol. The van der Waals surface area contributed by atoms with Gasteiger partial charge in [0.2, 0.25) is 0 Å². The maximum absolute atomic E-state index is 11.1. The molecular formula is C12H9N2O. The lowest BCUT2D eigenvalue weighted by Gasteiger charge is -1.99. The van der Waals surface area contributed by atoms with Crippen molar-refractivity contribution in [1.82, 2.24) is 9.97 Å². The largest absolute Gasteiger partial charge is 0.295 e. The SMILES string of the molecule is CC(=O)c1ccc(-c2n[c]ccn2)cc1. The highest BCUT2D eigenvalue weighted by Crippen LogP contribution is 2.14. The smallest absolute Gasteiger partial charge is 0.159 e. The van der Waals surface area contributed by atoms with Gasteiger partial charge in [0.1, 0.15) is 0 Å². The third kappa shape index (κ3) is 2.07. The number of nitrogens with zero attached hydrogens (tertiary/aromatic N) is 2. The van der Waals surface area contributed by atoms with E-state index in [1.807, 2.05) is 12.1 Å². The van der Waals surface area contributed by atoms with Crippen molar-refractivity contribution in [2.75, 3.05) is 0 Å². The maximum atomic E-state index is 11.1. The van der Waals surface area contributed by atoms with E-state index in [1.54, 1.807) is 31.3 Å². The monoisotopic (exact) mass is 197 g/mol. The normalized spacial score (nSPS) is 9.93. The molecule has 2 rings (SSSR count). The fourth-order valence-corrected chi connectivity index (χ4v) is 1.26. The Morgan fingerprint density at radius 3 is 2.53 bits per heavy atom. The molecule has 0 aliphatic heterocycles. The van der Waals surface area contributed by atoms with Crippen molar-refractivity contribution < 1.29 is 4.79 Å². The summed E-state index contributed by atoms with van der Waals surface area (Å²) in [6.45, 7) is 1.54. The lowest BCUT2D eigenvalue weighted by Crippen LogP contribution is -1.92. The Kier molecular flexibility index (Phi) is 2.54. The van der Waals surface area contributed by atoms with Gasteiger partial charge >= 0.3 is 0 Å².